The number of carbonyl (C=O) groups excluding carboxylic acids is 1. The van der Waals surface area contributed by atoms with Crippen molar-refractivity contribution in [2.45, 2.75) is 26.2 Å². The lowest BCUT2D eigenvalue weighted by atomic mass is 10.3. The number of fused-ring (bicyclic) bond motifs is 1. The van der Waals surface area contributed by atoms with Gasteiger partial charge in [-0.05, 0) is 6.92 Å². The highest BCUT2D eigenvalue weighted by Crippen LogP contribution is 2.05. The lowest BCUT2D eigenvalue weighted by Gasteiger charge is -2.17. The van der Waals surface area contributed by atoms with Gasteiger partial charge in [-0.3, -0.25) is 14.6 Å². The average molecular weight is 299 g/mol. The number of aromatic nitrogens is 4. The van der Waals surface area contributed by atoms with E-state index in [0.717, 1.165) is 0 Å². The number of ketones is 1. The molecule has 2 heterocycles. The van der Waals surface area contributed by atoms with E-state index in [1.54, 1.807) is 6.92 Å². The molecular formula is C11H17N5O5. The number of aliphatic hydroxyl groups is 2. The minimum atomic E-state index is -2.58. The van der Waals surface area contributed by atoms with Crippen LogP contribution in [0.3, 0.4) is 0 Å². The number of H-pyrrole nitrogens is 2. The summed E-state index contributed by atoms with van der Waals surface area (Å²) < 4.78 is 4.34. The average Bonchev–Trinajstić information content (AvgIpc) is 2.86. The molecule has 0 amide bonds. The van der Waals surface area contributed by atoms with Gasteiger partial charge in [0.25, 0.3) is 5.56 Å². The number of nitrogens with zero attached hydrogens (tertiary/aromatic N) is 2. The number of carbonyl (C=O) groups is 1. The first-order chi connectivity index (χ1) is 9.81. The third kappa shape index (κ3) is 4.34. The van der Waals surface area contributed by atoms with Crippen molar-refractivity contribution in [2.75, 3.05) is 12.3 Å². The molecule has 0 aliphatic heterocycles. The monoisotopic (exact) mass is 299 g/mol. The van der Waals surface area contributed by atoms with Crippen LogP contribution in [-0.4, -0.2) is 48.5 Å². The fourth-order valence-corrected chi connectivity index (χ4v) is 1.37. The second-order valence-electron chi connectivity index (χ2n) is 3.87. The third-order valence-corrected chi connectivity index (χ3v) is 2.34. The van der Waals surface area contributed by atoms with Crippen LogP contribution in [0, 0.1) is 0 Å². The number of hydrogen-bond donors (Lipinski definition) is 5. The van der Waals surface area contributed by atoms with Crippen LogP contribution < -0.4 is 11.3 Å². The zero-order valence-corrected chi connectivity index (χ0v) is 11.6. The first kappa shape index (κ1) is 16.8. The van der Waals surface area contributed by atoms with Crippen LogP contribution in [0.15, 0.2) is 11.1 Å². The largest absolute Gasteiger partial charge is 0.369 e. The quantitative estimate of drug-likeness (QED) is 0.442. The summed E-state index contributed by atoms with van der Waals surface area (Å²) in [5, 5.41) is 17.5. The molecule has 0 fully saturated rings. The molecule has 6 N–H and O–H groups in total. The van der Waals surface area contributed by atoms with Crippen molar-refractivity contribution in [2.24, 2.45) is 0 Å². The van der Waals surface area contributed by atoms with Crippen LogP contribution >= 0.6 is 0 Å². The molecule has 0 unspecified atom stereocenters. The van der Waals surface area contributed by atoms with Crippen molar-refractivity contribution < 1.29 is 19.7 Å². The fourth-order valence-electron chi connectivity index (χ4n) is 1.37. The van der Waals surface area contributed by atoms with Crippen molar-refractivity contribution in [3.05, 3.63) is 16.7 Å². The maximum absolute atomic E-state index is 11.0. The molecular weight excluding hydrogens is 282 g/mol. The van der Waals surface area contributed by atoms with Crippen molar-refractivity contribution >= 4 is 22.9 Å². The Labute approximate surface area is 119 Å². The fraction of sp³-hybridized carbons (Fsp3) is 0.455. The topological polar surface area (TPSA) is 167 Å². The summed E-state index contributed by atoms with van der Waals surface area (Å²) in [6.07, 6.45) is 1.44. The summed E-state index contributed by atoms with van der Waals surface area (Å²) in [4.78, 5) is 34.1. The molecule has 0 atom stereocenters. The van der Waals surface area contributed by atoms with E-state index in [-0.39, 0.29) is 24.5 Å². The first-order valence-corrected chi connectivity index (χ1v) is 6.12. The minimum absolute atomic E-state index is 0.0486. The van der Waals surface area contributed by atoms with E-state index in [9.17, 15) is 9.59 Å². The van der Waals surface area contributed by atoms with E-state index >= 15 is 0 Å². The molecule has 0 aliphatic rings. The third-order valence-electron chi connectivity index (χ3n) is 2.34. The Balaban J connectivity index is 0.000000212. The molecule has 2 aromatic heterocycles. The lowest BCUT2D eigenvalue weighted by Crippen LogP contribution is -2.40. The molecule has 2 rings (SSSR count). The molecule has 2 aromatic rings. The number of ether oxygens (including phenoxy) is 1. The van der Waals surface area contributed by atoms with Gasteiger partial charge in [0, 0.05) is 6.42 Å². The molecule has 10 heteroatoms. The summed E-state index contributed by atoms with van der Waals surface area (Å²) in [6, 6.07) is 0. The molecule has 116 valence electrons. The van der Waals surface area contributed by atoms with Crippen molar-refractivity contribution in [1.29, 1.82) is 0 Å². The molecule has 10 nitrogen and oxygen atoms in total. The van der Waals surface area contributed by atoms with Crippen molar-refractivity contribution in [1.82, 2.24) is 19.9 Å². The van der Waals surface area contributed by atoms with E-state index in [1.807, 2.05) is 0 Å². The van der Waals surface area contributed by atoms with Crippen LogP contribution in [0.25, 0.3) is 11.2 Å². The predicted octanol–water partition coefficient (Wildman–Crippen LogP) is -1.13. The zero-order chi connectivity index (χ0) is 16.0. The maximum atomic E-state index is 11.0. The number of hydrogen-bond acceptors (Lipinski definition) is 8. The van der Waals surface area contributed by atoms with E-state index in [0.29, 0.717) is 11.2 Å². The zero-order valence-electron chi connectivity index (χ0n) is 11.6. The second kappa shape index (κ2) is 6.92. The normalized spacial score (nSPS) is 11.0. The van der Waals surface area contributed by atoms with Crippen LogP contribution in [-0.2, 0) is 9.53 Å². The van der Waals surface area contributed by atoms with Gasteiger partial charge in [0.05, 0.1) is 12.9 Å². The van der Waals surface area contributed by atoms with Gasteiger partial charge in [0.2, 0.25) is 11.7 Å². The predicted molar refractivity (Wildman–Crippen MR) is 73.0 cm³/mol. The Morgan fingerprint density at radius 1 is 1.48 bits per heavy atom. The number of nitrogens with one attached hydrogen (secondary N) is 2. The Hall–Kier alpha value is -2.30. The van der Waals surface area contributed by atoms with Crippen molar-refractivity contribution in [3.8, 4) is 0 Å². The van der Waals surface area contributed by atoms with Gasteiger partial charge in [-0.2, -0.15) is 4.98 Å². The van der Waals surface area contributed by atoms with E-state index < -0.39 is 11.8 Å². The van der Waals surface area contributed by atoms with Crippen LogP contribution in [0.2, 0.25) is 0 Å². The van der Waals surface area contributed by atoms with Crippen LogP contribution in [0.5, 0.6) is 0 Å². The van der Waals surface area contributed by atoms with E-state index in [4.69, 9.17) is 15.9 Å². The molecule has 0 spiro atoms. The molecule has 0 saturated carbocycles. The van der Waals surface area contributed by atoms with Gasteiger partial charge >= 0.3 is 5.97 Å². The summed E-state index contributed by atoms with van der Waals surface area (Å²) in [5.41, 5.74) is 5.65. The molecule has 0 aromatic carbocycles. The van der Waals surface area contributed by atoms with E-state index in [1.165, 1.54) is 13.3 Å². The Morgan fingerprint density at radius 3 is 2.71 bits per heavy atom. The number of rotatable bonds is 4. The Morgan fingerprint density at radius 2 is 2.14 bits per heavy atom. The highest BCUT2D eigenvalue weighted by molar-refractivity contribution is 5.83. The van der Waals surface area contributed by atoms with Gasteiger partial charge in [-0.25, -0.2) is 4.98 Å². The number of aromatic amines is 2. The van der Waals surface area contributed by atoms with Gasteiger partial charge in [-0.1, -0.05) is 6.92 Å². The number of nitrogen functional groups attached to an aromatic ring is 1. The van der Waals surface area contributed by atoms with Gasteiger partial charge < -0.3 is 25.7 Å². The number of imidazole rings is 1. The number of nitrogens with two attached hydrogens (primary N) is 1. The molecule has 0 saturated heterocycles. The molecule has 0 bridgehead atoms. The highest BCUT2D eigenvalue weighted by Gasteiger charge is 2.31. The summed E-state index contributed by atoms with van der Waals surface area (Å²) in [5.74, 6) is -3.23. The van der Waals surface area contributed by atoms with Gasteiger partial charge in [-0.15, -0.1) is 0 Å². The van der Waals surface area contributed by atoms with Crippen molar-refractivity contribution in [3.63, 3.8) is 0 Å². The maximum Gasteiger partial charge on any atom is 0.341 e. The van der Waals surface area contributed by atoms with Crippen LogP contribution in [0.4, 0.5) is 5.95 Å². The standard InChI is InChI=1S/C6H12O4.C5H5N5O/c1-3-5(7)6(8,9)10-4-2;6-5-9-3-2(4(11)10-5)7-1-8-3/h8-9H,3-4H2,1-2H3;1H,(H4,6,7,8,9,10,11). The summed E-state index contributed by atoms with van der Waals surface area (Å²) >= 11 is 0. The van der Waals surface area contributed by atoms with Gasteiger partial charge in [0.15, 0.2) is 11.2 Å². The summed E-state index contributed by atoms with van der Waals surface area (Å²) in [6.45, 7) is 3.20. The number of Topliss-reactive ketones (excluding diaryl/α,β-unsaturated/α-hetero) is 1. The highest BCUT2D eigenvalue weighted by atomic mass is 16.8. The minimum Gasteiger partial charge on any atom is -0.369 e. The molecule has 21 heavy (non-hydrogen) atoms. The second-order valence-corrected chi connectivity index (χ2v) is 3.87. The van der Waals surface area contributed by atoms with Gasteiger partial charge in [0.1, 0.15) is 0 Å². The first-order valence-electron chi connectivity index (χ1n) is 6.12. The molecule has 0 aliphatic carbocycles. The lowest BCUT2D eigenvalue weighted by molar-refractivity contribution is -0.309. The van der Waals surface area contributed by atoms with Crippen LogP contribution in [0.1, 0.15) is 20.3 Å². The number of anilines is 1. The Bertz CT molecular complexity index is 662. The smallest absolute Gasteiger partial charge is 0.341 e. The SMILES string of the molecule is CCOC(O)(O)C(=O)CC.Nc1nc2nc[nH]c2c(=O)[nH]1. The Kier molecular flexibility index (Phi) is 5.52. The molecule has 0 radical (unpaired) electrons. The summed E-state index contributed by atoms with van der Waals surface area (Å²) in [7, 11) is 0. The van der Waals surface area contributed by atoms with E-state index in [2.05, 4.69) is 24.7 Å².